The van der Waals surface area contributed by atoms with Crippen LogP contribution in [0.1, 0.15) is 11.5 Å². The molecule has 0 aliphatic carbocycles. The molecule has 0 aromatic carbocycles. The van der Waals surface area contributed by atoms with Gasteiger partial charge in [-0.2, -0.15) is 11.8 Å². The first kappa shape index (κ1) is 13.6. The lowest BCUT2D eigenvalue weighted by Gasteiger charge is -1.98. The van der Waals surface area contributed by atoms with E-state index < -0.39 is 9.84 Å². The molecule has 0 saturated carbocycles. The Bertz CT molecular complexity index is 411. The van der Waals surface area contributed by atoms with Crippen LogP contribution in [0.4, 0.5) is 0 Å². The molecule has 0 fully saturated rings. The van der Waals surface area contributed by atoms with Crippen molar-refractivity contribution in [2.75, 3.05) is 24.8 Å². The van der Waals surface area contributed by atoms with E-state index in [1.807, 2.05) is 19.2 Å². The van der Waals surface area contributed by atoms with Crippen molar-refractivity contribution in [1.82, 2.24) is 5.32 Å². The van der Waals surface area contributed by atoms with Gasteiger partial charge in [0.1, 0.15) is 21.4 Å². The van der Waals surface area contributed by atoms with E-state index >= 15 is 0 Å². The van der Waals surface area contributed by atoms with Gasteiger partial charge in [0.25, 0.3) is 0 Å². The van der Waals surface area contributed by atoms with E-state index in [0.717, 1.165) is 17.3 Å². The molecule has 1 aromatic heterocycles. The van der Waals surface area contributed by atoms with Crippen LogP contribution < -0.4 is 5.32 Å². The van der Waals surface area contributed by atoms with Crippen molar-refractivity contribution in [3.8, 4) is 0 Å². The number of hydrogen-bond donors (Lipinski definition) is 1. The van der Waals surface area contributed by atoms with Crippen LogP contribution in [0.25, 0.3) is 0 Å². The van der Waals surface area contributed by atoms with Gasteiger partial charge in [-0.1, -0.05) is 0 Å². The molecule has 92 valence electrons. The van der Waals surface area contributed by atoms with Gasteiger partial charge < -0.3 is 9.73 Å². The number of rotatable bonds is 7. The summed E-state index contributed by atoms with van der Waals surface area (Å²) in [7, 11) is -0.979. The Morgan fingerprint density at radius 1 is 1.38 bits per heavy atom. The number of hydrogen-bond acceptors (Lipinski definition) is 5. The Hall–Kier alpha value is -0.460. The van der Waals surface area contributed by atoms with Crippen molar-refractivity contribution in [2.24, 2.45) is 0 Å². The highest BCUT2D eigenvalue weighted by atomic mass is 32.2. The SMILES string of the molecule is CNCc1ccc(CSCCS(C)(=O)=O)o1. The summed E-state index contributed by atoms with van der Waals surface area (Å²) in [5, 5.41) is 3.00. The number of nitrogens with one attached hydrogen (secondary N) is 1. The van der Waals surface area contributed by atoms with Gasteiger partial charge in [-0.25, -0.2) is 8.42 Å². The first-order chi connectivity index (χ1) is 7.51. The second kappa shape index (κ2) is 6.32. The van der Waals surface area contributed by atoms with Crippen LogP contribution in [-0.4, -0.2) is 33.2 Å². The van der Waals surface area contributed by atoms with Crippen molar-refractivity contribution in [3.63, 3.8) is 0 Å². The average molecular weight is 263 g/mol. The third kappa shape index (κ3) is 5.58. The first-order valence-corrected chi connectivity index (χ1v) is 8.20. The van der Waals surface area contributed by atoms with Gasteiger partial charge in [0.15, 0.2) is 0 Å². The normalized spacial score (nSPS) is 11.9. The largest absolute Gasteiger partial charge is 0.464 e. The summed E-state index contributed by atoms with van der Waals surface area (Å²) in [6.07, 6.45) is 1.26. The van der Waals surface area contributed by atoms with Gasteiger partial charge in [-0.3, -0.25) is 0 Å². The van der Waals surface area contributed by atoms with Gasteiger partial charge in [0, 0.05) is 12.0 Å². The predicted molar refractivity (Wildman–Crippen MR) is 67.3 cm³/mol. The molecule has 0 atom stereocenters. The van der Waals surface area contributed by atoms with Crippen LogP contribution in [0.15, 0.2) is 16.5 Å². The highest BCUT2D eigenvalue weighted by molar-refractivity contribution is 7.99. The fourth-order valence-electron chi connectivity index (χ4n) is 1.15. The molecule has 0 amide bonds. The van der Waals surface area contributed by atoms with Crippen LogP contribution in [-0.2, 0) is 22.1 Å². The maximum absolute atomic E-state index is 10.9. The van der Waals surface area contributed by atoms with E-state index in [1.165, 1.54) is 6.26 Å². The van der Waals surface area contributed by atoms with Crippen molar-refractivity contribution in [2.45, 2.75) is 12.3 Å². The van der Waals surface area contributed by atoms with Gasteiger partial charge >= 0.3 is 0 Å². The molecule has 0 unspecified atom stereocenters. The zero-order valence-electron chi connectivity index (χ0n) is 9.52. The maximum Gasteiger partial charge on any atom is 0.148 e. The van der Waals surface area contributed by atoms with Gasteiger partial charge in [0.2, 0.25) is 0 Å². The van der Waals surface area contributed by atoms with E-state index in [-0.39, 0.29) is 5.75 Å². The van der Waals surface area contributed by atoms with E-state index in [9.17, 15) is 8.42 Å². The summed E-state index contributed by atoms with van der Waals surface area (Å²) in [4.78, 5) is 0. The maximum atomic E-state index is 10.9. The molecule has 0 aliphatic rings. The lowest BCUT2D eigenvalue weighted by molar-refractivity contribution is 0.469. The molecule has 1 N–H and O–H groups in total. The smallest absolute Gasteiger partial charge is 0.148 e. The van der Waals surface area contributed by atoms with Crippen molar-refractivity contribution < 1.29 is 12.8 Å². The molecule has 1 heterocycles. The molecule has 16 heavy (non-hydrogen) atoms. The summed E-state index contributed by atoms with van der Waals surface area (Å²) in [6.45, 7) is 0.716. The Morgan fingerprint density at radius 3 is 2.69 bits per heavy atom. The van der Waals surface area contributed by atoms with Crippen molar-refractivity contribution in [1.29, 1.82) is 0 Å². The molecule has 0 saturated heterocycles. The summed E-state index contributed by atoms with van der Waals surface area (Å²) in [5.41, 5.74) is 0. The van der Waals surface area contributed by atoms with Gasteiger partial charge in [-0.15, -0.1) is 0 Å². The second-order valence-electron chi connectivity index (χ2n) is 3.58. The zero-order valence-corrected chi connectivity index (χ0v) is 11.2. The van der Waals surface area contributed by atoms with Crippen molar-refractivity contribution in [3.05, 3.63) is 23.7 Å². The minimum absolute atomic E-state index is 0.224. The molecule has 0 aliphatic heterocycles. The molecule has 1 rings (SSSR count). The molecule has 0 bridgehead atoms. The highest BCUT2D eigenvalue weighted by Gasteiger charge is 2.04. The molecule has 1 aromatic rings. The van der Waals surface area contributed by atoms with Crippen LogP contribution >= 0.6 is 11.8 Å². The quantitative estimate of drug-likeness (QED) is 0.751. The minimum atomic E-state index is -2.84. The van der Waals surface area contributed by atoms with E-state index in [2.05, 4.69) is 5.32 Å². The van der Waals surface area contributed by atoms with E-state index in [1.54, 1.807) is 11.8 Å². The zero-order chi connectivity index (χ0) is 12.0. The molecule has 4 nitrogen and oxygen atoms in total. The third-order valence-electron chi connectivity index (χ3n) is 1.91. The molecular weight excluding hydrogens is 246 g/mol. The number of thioether (sulfide) groups is 1. The highest BCUT2D eigenvalue weighted by Crippen LogP contribution is 2.15. The predicted octanol–water partition coefficient (Wildman–Crippen LogP) is 1.28. The lowest BCUT2D eigenvalue weighted by Crippen LogP contribution is -2.05. The Balaban J connectivity index is 2.26. The number of sulfone groups is 1. The van der Waals surface area contributed by atoms with Gasteiger partial charge in [-0.05, 0) is 19.2 Å². The van der Waals surface area contributed by atoms with E-state index in [4.69, 9.17) is 4.42 Å². The lowest BCUT2D eigenvalue weighted by atomic mass is 10.4. The summed E-state index contributed by atoms with van der Waals surface area (Å²) in [6, 6.07) is 3.86. The fourth-order valence-corrected chi connectivity index (χ4v) is 3.34. The van der Waals surface area contributed by atoms with Crippen LogP contribution in [0.3, 0.4) is 0 Å². The standard InChI is InChI=1S/C10H17NO3S2/c1-11-7-9-3-4-10(14-9)8-15-5-6-16(2,12)13/h3-4,11H,5-8H2,1-2H3. The molecular formula is C10H17NO3S2. The fraction of sp³-hybridized carbons (Fsp3) is 0.600. The average Bonchev–Trinajstić information content (AvgIpc) is 2.60. The summed E-state index contributed by atoms with van der Waals surface area (Å²) in [5.74, 6) is 3.35. The van der Waals surface area contributed by atoms with Crippen LogP contribution in [0, 0.1) is 0 Å². The summed E-state index contributed by atoms with van der Waals surface area (Å²) >= 11 is 1.57. The minimum Gasteiger partial charge on any atom is -0.464 e. The number of furan rings is 1. The van der Waals surface area contributed by atoms with Gasteiger partial charge in [0.05, 0.1) is 18.1 Å². The Kier molecular flexibility index (Phi) is 5.37. The second-order valence-corrected chi connectivity index (χ2v) is 6.95. The Labute approximate surface area is 101 Å². The summed E-state index contributed by atoms with van der Waals surface area (Å²) < 4.78 is 27.3. The molecule has 0 spiro atoms. The molecule has 0 radical (unpaired) electrons. The van der Waals surface area contributed by atoms with Crippen LogP contribution in [0.5, 0.6) is 0 Å². The van der Waals surface area contributed by atoms with Crippen molar-refractivity contribution >= 4 is 21.6 Å². The Morgan fingerprint density at radius 2 is 2.06 bits per heavy atom. The molecule has 6 heteroatoms. The first-order valence-electron chi connectivity index (χ1n) is 4.99. The third-order valence-corrected chi connectivity index (χ3v) is 4.10. The topological polar surface area (TPSA) is 59.3 Å². The van der Waals surface area contributed by atoms with Crippen LogP contribution in [0.2, 0.25) is 0 Å². The monoisotopic (exact) mass is 263 g/mol. The van der Waals surface area contributed by atoms with E-state index in [0.29, 0.717) is 12.3 Å².